The van der Waals surface area contributed by atoms with Gasteiger partial charge in [-0.05, 0) is 42.0 Å². The van der Waals surface area contributed by atoms with Crippen molar-refractivity contribution in [3.05, 3.63) is 22.4 Å². The van der Waals surface area contributed by atoms with Gasteiger partial charge in [-0.1, -0.05) is 47.6 Å². The van der Waals surface area contributed by atoms with Gasteiger partial charge in [0.25, 0.3) is 5.91 Å². The summed E-state index contributed by atoms with van der Waals surface area (Å²) in [4.78, 5) is 77.8. The van der Waals surface area contributed by atoms with E-state index in [0.29, 0.717) is 24.3 Å². The van der Waals surface area contributed by atoms with E-state index in [2.05, 4.69) is 16.0 Å². The topological polar surface area (TPSA) is 168 Å². The fourth-order valence-corrected chi connectivity index (χ4v) is 5.12. The fourth-order valence-electron chi connectivity index (χ4n) is 4.44. The van der Waals surface area contributed by atoms with Crippen molar-refractivity contribution in [2.24, 2.45) is 17.1 Å². The zero-order valence-corrected chi connectivity index (χ0v) is 24.4. The van der Waals surface area contributed by atoms with Crippen LogP contribution in [0, 0.1) is 11.3 Å². The summed E-state index contributed by atoms with van der Waals surface area (Å²) in [5, 5.41) is 9.99. The number of ketones is 2. The Labute approximate surface area is 233 Å². The summed E-state index contributed by atoms with van der Waals surface area (Å²) in [6.07, 6.45) is 1.24. The molecule has 0 aromatic carbocycles. The van der Waals surface area contributed by atoms with E-state index in [-0.39, 0.29) is 24.5 Å². The smallest absolute Gasteiger partial charge is 0.315 e. The maximum absolute atomic E-state index is 13.7. The number of likely N-dealkylation sites (tertiary alicyclic amines) is 1. The second kappa shape index (κ2) is 13.7. The first kappa shape index (κ1) is 31.9. The van der Waals surface area contributed by atoms with Crippen molar-refractivity contribution in [1.29, 1.82) is 0 Å². The summed E-state index contributed by atoms with van der Waals surface area (Å²) >= 11 is 1.34. The number of amides is 5. The van der Waals surface area contributed by atoms with Crippen LogP contribution < -0.4 is 21.7 Å². The predicted molar refractivity (Wildman–Crippen MR) is 148 cm³/mol. The van der Waals surface area contributed by atoms with Crippen molar-refractivity contribution in [2.75, 3.05) is 6.54 Å². The lowest BCUT2D eigenvalue weighted by molar-refractivity contribution is -0.143. The average Bonchev–Trinajstić information content (AvgIpc) is 3.56. The molecule has 0 saturated carbocycles. The van der Waals surface area contributed by atoms with Gasteiger partial charge in [0.2, 0.25) is 17.6 Å². The minimum Gasteiger partial charge on any atom is -0.363 e. The SMILES string of the molecule is CCC(NC(=O)C1CCCN1C(=O)C(NC(=O)NC(CC(=O)c1cccs1)C(C)C)C(C)(C)C)C(=O)C(N)=O. The maximum atomic E-state index is 13.7. The molecular weight excluding hydrogens is 522 g/mol. The van der Waals surface area contributed by atoms with Crippen molar-refractivity contribution in [1.82, 2.24) is 20.9 Å². The Morgan fingerprint density at radius 1 is 1.10 bits per heavy atom. The largest absolute Gasteiger partial charge is 0.363 e. The van der Waals surface area contributed by atoms with Crippen molar-refractivity contribution in [3.8, 4) is 0 Å². The van der Waals surface area contributed by atoms with Crippen LogP contribution in [0.4, 0.5) is 4.79 Å². The monoisotopic (exact) mass is 563 g/mol. The third-order valence-electron chi connectivity index (χ3n) is 6.83. The fraction of sp³-hybridized carbons (Fsp3) is 0.630. The summed E-state index contributed by atoms with van der Waals surface area (Å²) < 4.78 is 0. The zero-order chi connectivity index (χ0) is 29.5. The Kier molecular flexibility index (Phi) is 11.2. The highest BCUT2D eigenvalue weighted by molar-refractivity contribution is 7.12. The van der Waals surface area contributed by atoms with E-state index in [1.54, 1.807) is 39.8 Å². The predicted octanol–water partition coefficient (Wildman–Crippen LogP) is 2.00. The molecule has 216 valence electrons. The molecule has 2 heterocycles. The molecule has 4 atom stereocenters. The number of primary amides is 1. The van der Waals surface area contributed by atoms with Gasteiger partial charge in [-0.25, -0.2) is 4.79 Å². The van der Waals surface area contributed by atoms with Gasteiger partial charge in [-0.3, -0.25) is 24.0 Å². The van der Waals surface area contributed by atoms with E-state index in [9.17, 15) is 28.8 Å². The number of nitrogens with zero attached hydrogens (tertiary/aromatic N) is 1. The van der Waals surface area contributed by atoms with Gasteiger partial charge in [0.15, 0.2) is 5.78 Å². The van der Waals surface area contributed by atoms with Crippen LogP contribution in [-0.2, 0) is 19.2 Å². The number of Topliss-reactive ketones (excluding diaryl/α,β-unsaturated/α-hetero) is 2. The molecule has 1 fully saturated rings. The minimum absolute atomic E-state index is 0.0373. The van der Waals surface area contributed by atoms with Gasteiger partial charge in [0.05, 0.1) is 10.9 Å². The van der Waals surface area contributed by atoms with E-state index in [1.807, 2.05) is 19.2 Å². The summed E-state index contributed by atoms with van der Waals surface area (Å²) in [6, 6.07) is -0.386. The Balaban J connectivity index is 2.14. The van der Waals surface area contributed by atoms with E-state index < -0.39 is 59.1 Å². The van der Waals surface area contributed by atoms with Crippen LogP contribution in [0.1, 0.15) is 76.9 Å². The van der Waals surface area contributed by atoms with Crippen molar-refractivity contribution in [3.63, 3.8) is 0 Å². The molecule has 0 bridgehead atoms. The van der Waals surface area contributed by atoms with Gasteiger partial charge in [-0.2, -0.15) is 0 Å². The van der Waals surface area contributed by atoms with Crippen LogP contribution in [0.15, 0.2) is 17.5 Å². The van der Waals surface area contributed by atoms with E-state index >= 15 is 0 Å². The Morgan fingerprint density at radius 3 is 2.28 bits per heavy atom. The first-order valence-corrected chi connectivity index (χ1v) is 14.1. The molecule has 1 saturated heterocycles. The van der Waals surface area contributed by atoms with Crippen LogP contribution in [0.2, 0.25) is 0 Å². The molecule has 1 aliphatic heterocycles. The lowest BCUT2D eigenvalue weighted by atomic mass is 9.85. The highest BCUT2D eigenvalue weighted by atomic mass is 32.1. The molecule has 12 heteroatoms. The number of hydrogen-bond acceptors (Lipinski definition) is 7. The van der Waals surface area contributed by atoms with Gasteiger partial charge >= 0.3 is 6.03 Å². The third kappa shape index (κ3) is 8.61. The van der Waals surface area contributed by atoms with E-state index in [4.69, 9.17) is 5.73 Å². The number of urea groups is 1. The van der Waals surface area contributed by atoms with Gasteiger partial charge in [0.1, 0.15) is 12.1 Å². The first-order chi connectivity index (χ1) is 18.2. The summed E-state index contributed by atoms with van der Waals surface area (Å²) in [5.74, 6) is -3.12. The van der Waals surface area contributed by atoms with Crippen molar-refractivity contribution in [2.45, 2.75) is 91.4 Å². The number of nitrogens with one attached hydrogen (secondary N) is 3. The number of hydrogen-bond donors (Lipinski definition) is 4. The standard InChI is InChI=1S/C27H41N5O6S/c1-7-16(21(34)23(28)35)29-24(36)18-10-8-12-32(18)25(37)22(27(4,5)6)31-26(38)30-17(15(2)3)14-19(33)20-11-9-13-39-20/h9,11,13,15-18,22H,7-8,10,12,14H2,1-6H3,(H2,28,35)(H,29,36)(H2,30,31,38). The molecule has 1 aromatic rings. The second-order valence-electron chi connectivity index (χ2n) is 11.3. The van der Waals surface area contributed by atoms with Crippen LogP contribution in [0.3, 0.4) is 0 Å². The first-order valence-electron chi connectivity index (χ1n) is 13.3. The van der Waals surface area contributed by atoms with Crippen LogP contribution in [-0.4, -0.2) is 70.9 Å². The molecule has 5 N–H and O–H groups in total. The summed E-state index contributed by atoms with van der Waals surface area (Å²) in [7, 11) is 0. The highest BCUT2D eigenvalue weighted by Crippen LogP contribution is 2.26. The minimum atomic E-state index is -1.14. The normalized spacial score (nSPS) is 17.7. The van der Waals surface area contributed by atoms with Crippen LogP contribution in [0.25, 0.3) is 0 Å². The molecule has 0 aliphatic carbocycles. The molecule has 39 heavy (non-hydrogen) atoms. The molecular formula is C27H41N5O6S. The molecule has 1 aromatic heterocycles. The Hall–Kier alpha value is -3.28. The van der Waals surface area contributed by atoms with Crippen molar-refractivity contribution >= 4 is 46.7 Å². The zero-order valence-electron chi connectivity index (χ0n) is 23.5. The van der Waals surface area contributed by atoms with E-state index in [1.165, 1.54) is 16.2 Å². The van der Waals surface area contributed by atoms with Gasteiger partial charge < -0.3 is 26.6 Å². The van der Waals surface area contributed by atoms with Crippen LogP contribution >= 0.6 is 11.3 Å². The third-order valence-corrected chi connectivity index (χ3v) is 7.74. The average molecular weight is 564 g/mol. The summed E-state index contributed by atoms with van der Waals surface area (Å²) in [6.45, 7) is 11.2. The van der Waals surface area contributed by atoms with Crippen LogP contribution in [0.5, 0.6) is 0 Å². The molecule has 5 amide bonds. The lowest BCUT2D eigenvalue weighted by Crippen LogP contribution is -2.60. The highest BCUT2D eigenvalue weighted by Gasteiger charge is 2.42. The van der Waals surface area contributed by atoms with Gasteiger partial charge in [-0.15, -0.1) is 11.3 Å². The molecule has 0 spiro atoms. The molecule has 11 nitrogen and oxygen atoms in total. The lowest BCUT2D eigenvalue weighted by Gasteiger charge is -2.36. The summed E-state index contributed by atoms with van der Waals surface area (Å²) in [5.41, 5.74) is 4.38. The number of thiophene rings is 1. The quantitative estimate of drug-likeness (QED) is 0.224. The van der Waals surface area contributed by atoms with Gasteiger partial charge in [0, 0.05) is 19.0 Å². The maximum Gasteiger partial charge on any atom is 0.315 e. The molecule has 0 radical (unpaired) electrons. The number of carbonyl (C=O) groups excluding carboxylic acids is 6. The second-order valence-corrected chi connectivity index (χ2v) is 12.2. The molecule has 2 rings (SSSR count). The number of nitrogens with two attached hydrogens (primary N) is 1. The number of rotatable bonds is 12. The Bertz CT molecular complexity index is 1070. The van der Waals surface area contributed by atoms with Crippen molar-refractivity contribution < 1.29 is 28.8 Å². The van der Waals surface area contributed by atoms with E-state index in [0.717, 1.165) is 0 Å². The Morgan fingerprint density at radius 2 is 1.77 bits per heavy atom. The number of carbonyl (C=O) groups is 6. The molecule has 4 unspecified atom stereocenters. The molecule has 1 aliphatic rings.